The summed E-state index contributed by atoms with van der Waals surface area (Å²) in [6, 6.07) is 3.75. The van der Waals surface area contributed by atoms with Crippen molar-refractivity contribution in [3.63, 3.8) is 0 Å². The van der Waals surface area contributed by atoms with E-state index in [4.69, 9.17) is 23.2 Å². The molecule has 1 heterocycles. The molecule has 1 fully saturated rings. The quantitative estimate of drug-likeness (QED) is 0.719. The summed E-state index contributed by atoms with van der Waals surface area (Å²) in [4.78, 5) is 13.5. The summed E-state index contributed by atoms with van der Waals surface area (Å²) in [5.74, 6) is -0.914. The highest BCUT2D eigenvalue weighted by Gasteiger charge is 2.29. The summed E-state index contributed by atoms with van der Waals surface area (Å²) in [5.41, 5.74) is 2.06. The standard InChI is InChI=1S/C12H14Cl2N2O5S2/c13-9-4-10(14)6-11(5-9)23(20,21)16-15-12(17)3-8-1-2-22(18,19)7-8/h4-6,8,16H,1-3,7H2,(H,15,17)/t8-/m1/s1. The zero-order chi connectivity index (χ0) is 17.3. The summed E-state index contributed by atoms with van der Waals surface area (Å²) in [6.07, 6.45) is 0.324. The zero-order valence-electron chi connectivity index (χ0n) is 11.8. The van der Waals surface area contributed by atoms with Crippen LogP contribution < -0.4 is 10.3 Å². The van der Waals surface area contributed by atoms with Crippen molar-refractivity contribution in [1.82, 2.24) is 10.3 Å². The highest BCUT2D eigenvalue weighted by Crippen LogP contribution is 2.23. The van der Waals surface area contributed by atoms with Crippen LogP contribution in [0.5, 0.6) is 0 Å². The van der Waals surface area contributed by atoms with Gasteiger partial charge in [-0.1, -0.05) is 23.2 Å². The third-order valence-electron chi connectivity index (χ3n) is 3.27. The third-order valence-corrected chi connectivity index (χ3v) is 6.77. The molecule has 0 aromatic heterocycles. The average molecular weight is 401 g/mol. The van der Waals surface area contributed by atoms with Gasteiger partial charge in [-0.15, -0.1) is 4.83 Å². The molecule has 128 valence electrons. The largest absolute Gasteiger partial charge is 0.278 e. The predicted molar refractivity (Wildman–Crippen MR) is 86.3 cm³/mol. The Hall–Kier alpha value is -0.870. The van der Waals surface area contributed by atoms with Gasteiger partial charge in [0.15, 0.2) is 9.84 Å². The van der Waals surface area contributed by atoms with Crippen LogP contribution in [0.3, 0.4) is 0 Å². The van der Waals surface area contributed by atoms with Gasteiger partial charge in [-0.05, 0) is 30.5 Å². The minimum absolute atomic E-state index is 0.0533. The SMILES string of the molecule is O=C(C[C@H]1CCS(=O)(=O)C1)NNS(=O)(=O)c1cc(Cl)cc(Cl)c1. The van der Waals surface area contributed by atoms with Crippen molar-refractivity contribution < 1.29 is 21.6 Å². The summed E-state index contributed by atoms with van der Waals surface area (Å²) in [5, 5.41) is 0.278. The Bertz CT molecular complexity index is 804. The second-order valence-electron chi connectivity index (χ2n) is 5.23. The summed E-state index contributed by atoms with van der Waals surface area (Å²) in [6.45, 7) is 0. The fourth-order valence-corrected chi connectivity index (χ4v) is 5.66. The number of benzene rings is 1. The van der Waals surface area contributed by atoms with Crippen LogP contribution in [0, 0.1) is 5.92 Å². The maximum absolute atomic E-state index is 12.0. The molecule has 1 aliphatic rings. The monoisotopic (exact) mass is 400 g/mol. The van der Waals surface area contributed by atoms with Gasteiger partial charge in [0.25, 0.3) is 10.0 Å². The van der Waals surface area contributed by atoms with Crippen LogP contribution in [0.25, 0.3) is 0 Å². The Kier molecular flexibility index (Phi) is 5.57. The Balaban J connectivity index is 1.95. The molecule has 1 aliphatic heterocycles. The predicted octanol–water partition coefficient (Wildman–Crippen LogP) is 1.13. The minimum atomic E-state index is -4.03. The zero-order valence-corrected chi connectivity index (χ0v) is 14.9. The number of amides is 1. The van der Waals surface area contributed by atoms with Gasteiger partial charge in [-0.3, -0.25) is 10.2 Å². The number of sulfonamides is 1. The molecule has 0 saturated carbocycles. The van der Waals surface area contributed by atoms with Gasteiger partial charge in [0.05, 0.1) is 16.4 Å². The maximum Gasteiger partial charge on any atom is 0.257 e. The van der Waals surface area contributed by atoms with E-state index in [0.717, 1.165) is 0 Å². The van der Waals surface area contributed by atoms with Crippen molar-refractivity contribution >= 4 is 49.0 Å². The number of hydrogen-bond acceptors (Lipinski definition) is 5. The number of nitrogens with one attached hydrogen (secondary N) is 2. The molecule has 0 spiro atoms. The fraction of sp³-hybridized carbons (Fsp3) is 0.417. The second kappa shape index (κ2) is 6.94. The van der Waals surface area contributed by atoms with E-state index in [1.165, 1.54) is 18.2 Å². The number of carbonyl (C=O) groups excluding carboxylic acids is 1. The van der Waals surface area contributed by atoms with Crippen molar-refractivity contribution in [1.29, 1.82) is 0 Å². The van der Waals surface area contributed by atoms with Crippen LogP contribution in [-0.2, 0) is 24.7 Å². The first-order chi connectivity index (χ1) is 10.6. The molecule has 1 atom stereocenters. The van der Waals surface area contributed by atoms with E-state index >= 15 is 0 Å². The molecule has 0 unspecified atom stereocenters. The van der Waals surface area contributed by atoms with Crippen LogP contribution in [0.15, 0.2) is 23.1 Å². The van der Waals surface area contributed by atoms with E-state index < -0.39 is 25.8 Å². The number of rotatable bonds is 5. The molecule has 1 aromatic rings. The lowest BCUT2D eigenvalue weighted by Gasteiger charge is -2.11. The molecule has 11 heteroatoms. The van der Waals surface area contributed by atoms with Crippen LogP contribution in [0.2, 0.25) is 10.0 Å². The van der Waals surface area contributed by atoms with Crippen molar-refractivity contribution in [2.75, 3.05) is 11.5 Å². The van der Waals surface area contributed by atoms with Gasteiger partial charge in [0.2, 0.25) is 5.91 Å². The molecule has 1 saturated heterocycles. The summed E-state index contributed by atoms with van der Waals surface area (Å²) >= 11 is 11.5. The highest BCUT2D eigenvalue weighted by molar-refractivity contribution is 7.91. The molecule has 0 bridgehead atoms. The second-order valence-corrected chi connectivity index (χ2v) is 10.0. The number of hydrogen-bond donors (Lipinski definition) is 2. The van der Waals surface area contributed by atoms with Crippen molar-refractivity contribution in [3.05, 3.63) is 28.2 Å². The van der Waals surface area contributed by atoms with Gasteiger partial charge in [0.1, 0.15) is 0 Å². The summed E-state index contributed by atoms with van der Waals surface area (Å²) in [7, 11) is -7.11. The molecule has 0 aliphatic carbocycles. The van der Waals surface area contributed by atoms with E-state index in [1.807, 2.05) is 4.83 Å². The molecule has 2 rings (SSSR count). The van der Waals surface area contributed by atoms with Crippen LogP contribution in [0.1, 0.15) is 12.8 Å². The average Bonchev–Trinajstić information content (AvgIpc) is 2.74. The number of carbonyl (C=O) groups is 1. The van der Waals surface area contributed by atoms with E-state index in [9.17, 15) is 21.6 Å². The van der Waals surface area contributed by atoms with Gasteiger partial charge < -0.3 is 0 Å². The fourth-order valence-electron chi connectivity index (χ4n) is 2.21. The van der Waals surface area contributed by atoms with Gasteiger partial charge in [-0.25, -0.2) is 16.8 Å². The first kappa shape index (κ1) is 18.5. The smallest absolute Gasteiger partial charge is 0.257 e. The first-order valence-electron chi connectivity index (χ1n) is 6.54. The maximum atomic E-state index is 12.0. The van der Waals surface area contributed by atoms with Crippen molar-refractivity contribution in [3.8, 4) is 0 Å². The van der Waals surface area contributed by atoms with E-state index in [1.54, 1.807) is 0 Å². The Morgan fingerprint density at radius 1 is 1.22 bits per heavy atom. The lowest BCUT2D eigenvalue weighted by atomic mass is 10.1. The first-order valence-corrected chi connectivity index (χ1v) is 10.6. The molecule has 1 amide bonds. The van der Waals surface area contributed by atoms with Gasteiger partial charge in [0, 0.05) is 16.5 Å². The number of sulfone groups is 1. The molecule has 0 radical (unpaired) electrons. The van der Waals surface area contributed by atoms with Crippen LogP contribution in [-0.4, -0.2) is 34.2 Å². The van der Waals surface area contributed by atoms with Gasteiger partial charge in [-0.2, -0.15) is 0 Å². The Morgan fingerprint density at radius 2 is 1.83 bits per heavy atom. The highest BCUT2D eigenvalue weighted by atomic mass is 35.5. The van der Waals surface area contributed by atoms with Crippen molar-refractivity contribution in [2.45, 2.75) is 17.7 Å². The molecular formula is C12H14Cl2N2O5S2. The third kappa shape index (κ3) is 5.32. The topological polar surface area (TPSA) is 109 Å². The molecular weight excluding hydrogens is 387 g/mol. The van der Waals surface area contributed by atoms with Crippen molar-refractivity contribution in [2.24, 2.45) is 5.92 Å². The lowest BCUT2D eigenvalue weighted by molar-refractivity contribution is -0.122. The molecule has 2 N–H and O–H groups in total. The molecule has 23 heavy (non-hydrogen) atoms. The van der Waals surface area contributed by atoms with E-state index in [-0.39, 0.29) is 38.8 Å². The Morgan fingerprint density at radius 3 is 2.35 bits per heavy atom. The number of hydrazine groups is 1. The van der Waals surface area contributed by atoms with E-state index in [2.05, 4.69) is 5.43 Å². The Labute approximate surface area is 144 Å². The van der Waals surface area contributed by atoms with E-state index in [0.29, 0.717) is 6.42 Å². The lowest BCUT2D eigenvalue weighted by Crippen LogP contribution is -2.42. The van der Waals surface area contributed by atoms with Gasteiger partial charge >= 0.3 is 0 Å². The summed E-state index contributed by atoms with van der Waals surface area (Å²) < 4.78 is 46.7. The van der Waals surface area contributed by atoms with Crippen LogP contribution >= 0.6 is 23.2 Å². The normalized spacial score (nSPS) is 20.3. The number of halogens is 2. The minimum Gasteiger partial charge on any atom is -0.278 e. The molecule has 7 nitrogen and oxygen atoms in total. The molecule has 1 aromatic carbocycles. The van der Waals surface area contributed by atoms with Crippen LogP contribution in [0.4, 0.5) is 0 Å².